The van der Waals surface area contributed by atoms with Crippen molar-refractivity contribution in [2.24, 2.45) is 0 Å². The van der Waals surface area contributed by atoms with Crippen LogP contribution >= 0.6 is 0 Å². The Labute approximate surface area is 155 Å². The number of rotatable bonds is 4. The molecule has 0 bridgehead atoms. The zero-order valence-corrected chi connectivity index (χ0v) is 16.1. The van der Waals surface area contributed by atoms with Gasteiger partial charge in [0.05, 0.1) is 23.1 Å². The van der Waals surface area contributed by atoms with E-state index in [1.807, 2.05) is 19.1 Å². The van der Waals surface area contributed by atoms with Crippen molar-refractivity contribution in [1.29, 1.82) is 0 Å². The van der Waals surface area contributed by atoms with Crippen LogP contribution in [0.3, 0.4) is 0 Å². The van der Waals surface area contributed by atoms with Gasteiger partial charge in [0.15, 0.2) is 5.54 Å². The van der Waals surface area contributed by atoms with E-state index in [9.17, 15) is 4.79 Å². The Hall–Kier alpha value is -2.42. The molecule has 3 heteroatoms. The average Bonchev–Trinajstić information content (AvgIpc) is 3.12. The number of nitrogens with zero attached hydrogens (tertiary/aromatic N) is 1. The van der Waals surface area contributed by atoms with Crippen LogP contribution in [0, 0.1) is 0 Å². The highest BCUT2D eigenvalue weighted by molar-refractivity contribution is 6.24. The Morgan fingerprint density at radius 3 is 2.77 bits per heavy atom. The fraction of sp³-hybridized carbons (Fsp3) is 0.391. The summed E-state index contributed by atoms with van der Waals surface area (Å²) in [5.74, 6) is -0.240. The molecule has 1 unspecified atom stereocenters. The van der Waals surface area contributed by atoms with Crippen molar-refractivity contribution >= 4 is 28.1 Å². The molecule has 0 amide bonds. The first-order valence-electron chi connectivity index (χ1n) is 9.61. The van der Waals surface area contributed by atoms with Crippen molar-refractivity contribution in [2.45, 2.75) is 52.5 Å². The van der Waals surface area contributed by atoms with E-state index in [4.69, 9.17) is 4.74 Å². The zero-order chi connectivity index (χ0) is 18.5. The average molecular weight is 348 g/mol. The molecule has 2 aromatic rings. The summed E-state index contributed by atoms with van der Waals surface area (Å²) >= 11 is 0. The van der Waals surface area contributed by atoms with Crippen molar-refractivity contribution in [3.63, 3.8) is 0 Å². The number of carbonyl (C=O) groups is 1. The van der Waals surface area contributed by atoms with E-state index in [1.54, 1.807) is 0 Å². The summed E-state index contributed by atoms with van der Waals surface area (Å²) in [4.78, 5) is 12.4. The monoisotopic (exact) mass is 348 g/mol. The van der Waals surface area contributed by atoms with Crippen LogP contribution in [0.5, 0.6) is 0 Å². The second kappa shape index (κ2) is 6.08. The summed E-state index contributed by atoms with van der Waals surface area (Å²) in [6.07, 6.45) is 5.61. The third-order valence-electron chi connectivity index (χ3n) is 5.79. The van der Waals surface area contributed by atoms with Crippen molar-refractivity contribution < 1.29 is 14.1 Å². The molecule has 2 aliphatic rings. The number of benzene rings is 2. The molecule has 0 fully saturated rings. The van der Waals surface area contributed by atoms with Gasteiger partial charge in [-0.05, 0) is 32.4 Å². The topological polar surface area (TPSA) is 29.3 Å². The molecule has 0 N–H and O–H groups in total. The van der Waals surface area contributed by atoms with Crippen LogP contribution in [0.2, 0.25) is 0 Å². The summed E-state index contributed by atoms with van der Waals surface area (Å²) in [6, 6.07) is 10.3. The second-order valence-corrected chi connectivity index (χ2v) is 7.50. The smallest absolute Gasteiger partial charge is 0.338 e. The number of ether oxygens (including phenoxy) is 1. The zero-order valence-electron chi connectivity index (χ0n) is 16.1. The molecule has 134 valence electrons. The van der Waals surface area contributed by atoms with Crippen LogP contribution in [0.15, 0.2) is 42.0 Å². The Balaban J connectivity index is 2.00. The van der Waals surface area contributed by atoms with Crippen LogP contribution in [0.25, 0.3) is 10.8 Å². The van der Waals surface area contributed by atoms with Gasteiger partial charge in [-0.15, -0.1) is 0 Å². The van der Waals surface area contributed by atoms with Crippen LogP contribution in [0.4, 0.5) is 5.69 Å². The first-order chi connectivity index (χ1) is 12.6. The Bertz CT molecular complexity index is 983. The van der Waals surface area contributed by atoms with Gasteiger partial charge >= 0.3 is 5.97 Å². The summed E-state index contributed by atoms with van der Waals surface area (Å²) in [7, 11) is 0. The molecule has 0 aliphatic carbocycles. The van der Waals surface area contributed by atoms with Gasteiger partial charge in [-0.1, -0.05) is 25.1 Å². The second-order valence-electron chi connectivity index (χ2n) is 7.50. The number of esters is 1. The van der Waals surface area contributed by atoms with E-state index in [0.29, 0.717) is 12.2 Å². The number of fused-ring (bicyclic) bond motifs is 2. The standard InChI is InChI=1S/C23H26NO2/c1-5-13-23(4)14-15(6-2)21-18-10-8-9-16-17(22(25)26-7-3)11-12-19(20(16)18)24(21)23/h6,8-12H,5,7,13-14H2,1-4H3/q+1/b15-6+. The lowest BCUT2D eigenvalue weighted by Gasteiger charge is -2.21. The third kappa shape index (κ3) is 2.19. The van der Waals surface area contributed by atoms with Gasteiger partial charge in [0.25, 0.3) is 0 Å². The van der Waals surface area contributed by atoms with Gasteiger partial charge in [-0.2, -0.15) is 4.58 Å². The van der Waals surface area contributed by atoms with E-state index < -0.39 is 0 Å². The van der Waals surface area contributed by atoms with Crippen LogP contribution < -0.4 is 0 Å². The van der Waals surface area contributed by atoms with Crippen molar-refractivity contribution in [3.8, 4) is 0 Å². The third-order valence-corrected chi connectivity index (χ3v) is 5.79. The molecule has 0 saturated heterocycles. The van der Waals surface area contributed by atoms with Crippen molar-refractivity contribution in [1.82, 2.24) is 0 Å². The molecular weight excluding hydrogens is 322 g/mol. The first kappa shape index (κ1) is 17.0. The fourth-order valence-electron chi connectivity index (χ4n) is 4.83. The van der Waals surface area contributed by atoms with Gasteiger partial charge in [0.2, 0.25) is 11.4 Å². The predicted molar refractivity (Wildman–Crippen MR) is 106 cm³/mol. The maximum atomic E-state index is 12.4. The van der Waals surface area contributed by atoms with Crippen LogP contribution in [-0.2, 0) is 4.74 Å². The molecule has 2 aromatic carbocycles. The molecule has 0 saturated carbocycles. The maximum absolute atomic E-state index is 12.4. The molecule has 2 heterocycles. The summed E-state index contributed by atoms with van der Waals surface area (Å²) in [5, 5.41) is 2.18. The van der Waals surface area contributed by atoms with Gasteiger partial charge in [-0.3, -0.25) is 0 Å². The number of carbonyl (C=O) groups excluding carboxylic acids is 1. The van der Waals surface area contributed by atoms with E-state index >= 15 is 0 Å². The van der Waals surface area contributed by atoms with Gasteiger partial charge in [-0.25, -0.2) is 4.79 Å². The molecule has 0 aromatic heterocycles. The molecular formula is C23H26NO2+. The van der Waals surface area contributed by atoms with Crippen molar-refractivity contribution in [2.75, 3.05) is 6.61 Å². The Kier molecular flexibility index (Phi) is 3.98. The van der Waals surface area contributed by atoms with Gasteiger partial charge in [0.1, 0.15) is 0 Å². The van der Waals surface area contributed by atoms with Crippen LogP contribution in [0.1, 0.15) is 62.9 Å². The fourth-order valence-corrected chi connectivity index (χ4v) is 4.83. The summed E-state index contributed by atoms with van der Waals surface area (Å²) in [6.45, 7) is 8.98. The maximum Gasteiger partial charge on any atom is 0.338 e. The number of hydrogen-bond acceptors (Lipinski definition) is 2. The van der Waals surface area contributed by atoms with E-state index in [0.717, 1.165) is 24.6 Å². The Morgan fingerprint density at radius 1 is 1.27 bits per heavy atom. The molecule has 0 spiro atoms. The minimum Gasteiger partial charge on any atom is -0.462 e. The molecule has 4 rings (SSSR count). The minimum atomic E-state index is -0.240. The lowest BCUT2D eigenvalue weighted by atomic mass is 9.87. The normalized spacial score (nSPS) is 22.4. The predicted octanol–water partition coefficient (Wildman–Crippen LogP) is 5.37. The molecule has 2 aliphatic heterocycles. The quantitative estimate of drug-likeness (QED) is 0.549. The van der Waals surface area contributed by atoms with E-state index in [-0.39, 0.29) is 11.5 Å². The van der Waals surface area contributed by atoms with Gasteiger partial charge < -0.3 is 4.74 Å². The number of hydrogen-bond donors (Lipinski definition) is 0. The highest BCUT2D eigenvalue weighted by atomic mass is 16.5. The summed E-state index contributed by atoms with van der Waals surface area (Å²) in [5.41, 5.74) is 5.95. The highest BCUT2D eigenvalue weighted by Crippen LogP contribution is 2.48. The first-order valence-corrected chi connectivity index (χ1v) is 9.61. The summed E-state index contributed by atoms with van der Waals surface area (Å²) < 4.78 is 7.81. The lowest BCUT2D eigenvalue weighted by Crippen LogP contribution is -2.32. The van der Waals surface area contributed by atoms with Crippen LogP contribution in [-0.4, -0.2) is 28.4 Å². The van der Waals surface area contributed by atoms with Crippen molar-refractivity contribution in [3.05, 3.63) is 53.1 Å². The lowest BCUT2D eigenvalue weighted by molar-refractivity contribution is -0.518. The van der Waals surface area contributed by atoms with E-state index in [1.165, 1.54) is 27.9 Å². The number of allylic oxidation sites excluding steroid dienone is 1. The molecule has 1 atom stereocenters. The van der Waals surface area contributed by atoms with E-state index in [2.05, 4.69) is 49.6 Å². The highest BCUT2D eigenvalue weighted by Gasteiger charge is 2.52. The molecule has 3 nitrogen and oxygen atoms in total. The van der Waals surface area contributed by atoms with Gasteiger partial charge in [0, 0.05) is 36.8 Å². The SMILES string of the molecule is C/C=C1\CC(C)(CCC)[N+]2=C1c1cccc3c(C(=O)OCC)ccc2c13. The minimum absolute atomic E-state index is 0.0866. The molecule has 26 heavy (non-hydrogen) atoms. The molecule has 0 radical (unpaired) electrons. The Morgan fingerprint density at radius 2 is 2.08 bits per heavy atom. The largest absolute Gasteiger partial charge is 0.462 e.